The minimum atomic E-state index is -0.466. The van der Waals surface area contributed by atoms with Crippen molar-refractivity contribution in [2.75, 3.05) is 35.9 Å². The van der Waals surface area contributed by atoms with Crippen molar-refractivity contribution in [2.24, 2.45) is 11.8 Å². The first-order valence-corrected chi connectivity index (χ1v) is 9.38. The highest BCUT2D eigenvalue weighted by molar-refractivity contribution is 9.10. The number of nitrogens with one attached hydrogen (secondary N) is 2. The van der Waals surface area contributed by atoms with Gasteiger partial charge < -0.3 is 5.32 Å². The Hall–Kier alpha value is -1.60. The van der Waals surface area contributed by atoms with E-state index in [1.54, 1.807) is 0 Å². The lowest BCUT2D eigenvalue weighted by Gasteiger charge is -2.25. The van der Waals surface area contributed by atoms with Gasteiger partial charge in [-0.3, -0.25) is 10.4 Å². The lowest BCUT2D eigenvalue weighted by Crippen LogP contribution is -2.39. The maximum atomic E-state index is 13.8. The molecule has 0 radical (unpaired) electrons. The van der Waals surface area contributed by atoms with E-state index in [-0.39, 0.29) is 18.1 Å². The van der Waals surface area contributed by atoms with Crippen molar-refractivity contribution in [1.82, 2.24) is 5.12 Å². The van der Waals surface area contributed by atoms with Crippen LogP contribution in [0.2, 0.25) is 0 Å². The van der Waals surface area contributed by atoms with Crippen LogP contribution < -0.4 is 15.8 Å². The number of hydrogen-bond acceptors (Lipinski definition) is 4. The molecule has 4 rings (SSSR count). The fraction of sp³-hybridized carbons (Fsp3) is 0.444. The zero-order valence-electron chi connectivity index (χ0n) is 14.0. The molecule has 2 N–H and O–H groups in total. The van der Waals surface area contributed by atoms with E-state index in [4.69, 9.17) is 0 Å². The quantitative estimate of drug-likeness (QED) is 0.715. The largest absolute Gasteiger partial charge is 0.383 e. The van der Waals surface area contributed by atoms with E-state index in [2.05, 4.69) is 37.7 Å². The molecule has 0 bridgehead atoms. The summed E-state index contributed by atoms with van der Waals surface area (Å²) in [6, 6.07) is 4.05. The van der Waals surface area contributed by atoms with E-state index in [9.17, 15) is 8.78 Å². The summed E-state index contributed by atoms with van der Waals surface area (Å²) in [5, 5.41) is 7.49. The van der Waals surface area contributed by atoms with Crippen molar-refractivity contribution in [3.63, 3.8) is 0 Å². The molecule has 0 amide bonds. The Morgan fingerprint density at radius 3 is 2.84 bits per heavy atom. The molecular weight excluding hydrogens is 390 g/mol. The Kier molecular flexibility index (Phi) is 4.45. The molecule has 1 saturated carbocycles. The Morgan fingerprint density at radius 1 is 1.28 bits per heavy atom. The predicted molar refractivity (Wildman–Crippen MR) is 101 cm³/mol. The molecule has 1 aromatic carbocycles. The summed E-state index contributed by atoms with van der Waals surface area (Å²) in [5.74, 6) is -0.247. The summed E-state index contributed by atoms with van der Waals surface area (Å²) in [5.41, 5.74) is 6.36. The van der Waals surface area contributed by atoms with Crippen molar-refractivity contribution >= 4 is 33.0 Å². The first-order valence-electron chi connectivity index (χ1n) is 8.59. The highest BCUT2D eigenvalue weighted by Gasteiger charge is 2.32. The summed E-state index contributed by atoms with van der Waals surface area (Å²) in [6.45, 7) is 1.36. The van der Waals surface area contributed by atoms with E-state index in [1.165, 1.54) is 25.0 Å². The smallest absolute Gasteiger partial charge is 0.105 e. The number of benzene rings is 1. The fourth-order valence-electron chi connectivity index (χ4n) is 3.28. The SMILES string of the molecule is CN1Nc2c(ccc(NCC3CC(F)=CC=C3F)c2Br)N1CC1CC1. The molecule has 1 fully saturated rings. The van der Waals surface area contributed by atoms with Gasteiger partial charge in [0, 0.05) is 32.5 Å². The molecule has 4 nitrogen and oxygen atoms in total. The average molecular weight is 411 g/mol. The molecule has 7 heteroatoms. The standard InChI is InChI=1S/C18H21BrF2N4/c1-24-23-18-16(25(24)10-11-2-3-11)7-6-15(17(18)19)22-9-12-8-13(20)4-5-14(12)21/h4-7,11-12,22-23H,2-3,8-10H2,1H3. The molecule has 1 heterocycles. The van der Waals surface area contributed by atoms with Gasteiger partial charge in [0.25, 0.3) is 0 Å². The number of fused-ring (bicyclic) bond motifs is 1. The zero-order chi connectivity index (χ0) is 17.6. The van der Waals surface area contributed by atoms with Gasteiger partial charge in [-0.25, -0.2) is 8.78 Å². The number of nitrogens with zero attached hydrogens (tertiary/aromatic N) is 2. The molecule has 1 aromatic rings. The van der Waals surface area contributed by atoms with Crippen molar-refractivity contribution in [3.05, 3.63) is 40.4 Å². The van der Waals surface area contributed by atoms with E-state index >= 15 is 0 Å². The first-order chi connectivity index (χ1) is 12.0. The van der Waals surface area contributed by atoms with Crippen LogP contribution in [0, 0.1) is 11.8 Å². The number of halogens is 3. The van der Waals surface area contributed by atoms with Crippen molar-refractivity contribution < 1.29 is 8.78 Å². The average Bonchev–Trinajstić information content (AvgIpc) is 3.35. The van der Waals surface area contributed by atoms with Gasteiger partial charge in [0.2, 0.25) is 0 Å². The third-order valence-electron chi connectivity index (χ3n) is 4.96. The lowest BCUT2D eigenvalue weighted by molar-refractivity contribution is 0.377. The van der Waals surface area contributed by atoms with Crippen molar-refractivity contribution in [1.29, 1.82) is 0 Å². The second-order valence-electron chi connectivity index (χ2n) is 6.93. The van der Waals surface area contributed by atoms with Gasteiger partial charge in [0.15, 0.2) is 0 Å². The molecule has 0 aromatic heterocycles. The molecule has 3 aliphatic rings. The minimum Gasteiger partial charge on any atom is -0.383 e. The monoisotopic (exact) mass is 410 g/mol. The van der Waals surface area contributed by atoms with Crippen LogP contribution in [-0.4, -0.2) is 25.3 Å². The third kappa shape index (κ3) is 3.40. The summed E-state index contributed by atoms with van der Waals surface area (Å²) >= 11 is 3.65. The Morgan fingerprint density at radius 2 is 2.08 bits per heavy atom. The van der Waals surface area contributed by atoms with Crippen LogP contribution in [0.5, 0.6) is 0 Å². The molecule has 1 aliphatic heterocycles. The molecule has 0 saturated heterocycles. The topological polar surface area (TPSA) is 30.5 Å². The van der Waals surface area contributed by atoms with Crippen LogP contribution in [0.25, 0.3) is 0 Å². The molecule has 2 aliphatic carbocycles. The Bertz CT molecular complexity index is 745. The zero-order valence-corrected chi connectivity index (χ0v) is 15.6. The van der Waals surface area contributed by atoms with E-state index < -0.39 is 5.92 Å². The van der Waals surface area contributed by atoms with Gasteiger partial charge in [0.05, 0.1) is 21.5 Å². The molecule has 1 unspecified atom stereocenters. The van der Waals surface area contributed by atoms with Gasteiger partial charge in [0.1, 0.15) is 11.7 Å². The molecule has 1 atom stereocenters. The van der Waals surface area contributed by atoms with Crippen LogP contribution in [0.4, 0.5) is 25.8 Å². The number of hydrazine groups is 2. The Labute approximate surface area is 154 Å². The second-order valence-corrected chi connectivity index (χ2v) is 7.72. The van der Waals surface area contributed by atoms with Gasteiger partial charge >= 0.3 is 0 Å². The van der Waals surface area contributed by atoms with E-state index in [1.807, 2.05) is 18.2 Å². The summed E-state index contributed by atoms with van der Waals surface area (Å²) < 4.78 is 28.1. The van der Waals surface area contributed by atoms with Gasteiger partial charge in [-0.15, -0.1) is 5.12 Å². The lowest BCUT2D eigenvalue weighted by atomic mass is 9.98. The maximum absolute atomic E-state index is 13.8. The van der Waals surface area contributed by atoms with Crippen LogP contribution in [0.15, 0.2) is 40.4 Å². The van der Waals surface area contributed by atoms with Crippen LogP contribution in [-0.2, 0) is 0 Å². The number of anilines is 3. The maximum Gasteiger partial charge on any atom is 0.105 e. The second kappa shape index (κ2) is 6.61. The highest BCUT2D eigenvalue weighted by Crippen LogP contribution is 2.44. The van der Waals surface area contributed by atoms with E-state index in [0.717, 1.165) is 34.0 Å². The Balaban J connectivity index is 1.48. The normalized spacial score (nSPS) is 23.0. The first kappa shape index (κ1) is 16.8. The minimum absolute atomic E-state index is 0.105. The van der Waals surface area contributed by atoms with Gasteiger partial charge in [-0.05, 0) is 59.0 Å². The van der Waals surface area contributed by atoms with Gasteiger partial charge in [-0.1, -0.05) is 0 Å². The highest BCUT2D eigenvalue weighted by atomic mass is 79.9. The number of hydrogen-bond donors (Lipinski definition) is 2. The summed E-state index contributed by atoms with van der Waals surface area (Å²) in [4.78, 5) is 0. The molecule has 134 valence electrons. The molecule has 25 heavy (non-hydrogen) atoms. The van der Waals surface area contributed by atoms with Gasteiger partial charge in [-0.2, -0.15) is 0 Å². The number of rotatable bonds is 5. The van der Waals surface area contributed by atoms with Crippen LogP contribution >= 0.6 is 15.9 Å². The van der Waals surface area contributed by atoms with E-state index in [0.29, 0.717) is 6.54 Å². The fourth-order valence-corrected chi connectivity index (χ4v) is 3.85. The predicted octanol–water partition coefficient (Wildman–Crippen LogP) is 4.99. The third-order valence-corrected chi connectivity index (χ3v) is 5.78. The summed E-state index contributed by atoms with van der Waals surface area (Å²) in [6.07, 6.45) is 5.12. The van der Waals surface area contributed by atoms with Crippen molar-refractivity contribution in [2.45, 2.75) is 19.3 Å². The molecular formula is C18H21BrF2N4. The molecule has 0 spiro atoms. The summed E-state index contributed by atoms with van der Waals surface area (Å²) in [7, 11) is 2.00. The van der Waals surface area contributed by atoms with Crippen LogP contribution in [0.1, 0.15) is 19.3 Å². The number of allylic oxidation sites excluding steroid dienone is 3. The van der Waals surface area contributed by atoms with Crippen LogP contribution in [0.3, 0.4) is 0 Å². The van der Waals surface area contributed by atoms with Crippen molar-refractivity contribution in [3.8, 4) is 0 Å².